The van der Waals surface area contributed by atoms with E-state index in [0.29, 0.717) is 0 Å². The van der Waals surface area contributed by atoms with E-state index in [1.807, 2.05) is 0 Å². The molecule has 1 aromatic heterocycles. The lowest BCUT2D eigenvalue weighted by Crippen LogP contribution is -1.94. The summed E-state index contributed by atoms with van der Waals surface area (Å²) in [4.78, 5) is 0. The molecule has 1 heteroatoms. The average Bonchev–Trinajstić information content (AvgIpc) is 3.63. The van der Waals surface area contributed by atoms with Crippen LogP contribution in [0.3, 0.4) is 0 Å². The molecule has 0 aliphatic heterocycles. The van der Waals surface area contributed by atoms with Crippen LogP contribution in [0.25, 0.3) is 125 Å². The van der Waals surface area contributed by atoms with Crippen molar-refractivity contribution in [3.63, 3.8) is 0 Å². The molecule has 59 heavy (non-hydrogen) atoms. The Bertz CT molecular complexity index is 3820. The second-order valence-electron chi connectivity index (χ2n) is 16.0. The average molecular weight is 746 g/mol. The molecule has 0 saturated carbocycles. The van der Waals surface area contributed by atoms with Gasteiger partial charge < -0.3 is 4.57 Å². The van der Waals surface area contributed by atoms with Crippen LogP contribution in [0.1, 0.15) is 0 Å². The van der Waals surface area contributed by atoms with E-state index in [1.54, 1.807) is 0 Å². The molecule has 12 aromatic carbocycles. The van der Waals surface area contributed by atoms with Crippen LogP contribution < -0.4 is 0 Å². The zero-order valence-electron chi connectivity index (χ0n) is 32.2. The lowest BCUT2D eigenvalue weighted by molar-refractivity contribution is 1.19. The molecule has 0 saturated heterocycles. The van der Waals surface area contributed by atoms with Crippen molar-refractivity contribution in [2.24, 2.45) is 0 Å². The van der Waals surface area contributed by atoms with Crippen molar-refractivity contribution in [1.82, 2.24) is 4.57 Å². The molecule has 0 fully saturated rings. The third kappa shape index (κ3) is 4.67. The highest BCUT2D eigenvalue weighted by atomic mass is 15.0. The van der Waals surface area contributed by atoms with Crippen LogP contribution in [0.4, 0.5) is 0 Å². The summed E-state index contributed by atoms with van der Waals surface area (Å²) in [5.41, 5.74) is 8.66. The number of hydrogen-bond donors (Lipinski definition) is 0. The van der Waals surface area contributed by atoms with Gasteiger partial charge in [0, 0.05) is 21.8 Å². The summed E-state index contributed by atoms with van der Waals surface area (Å²) in [5.74, 6) is 0. The fourth-order valence-corrected chi connectivity index (χ4v) is 10.3. The van der Waals surface area contributed by atoms with Crippen molar-refractivity contribution in [3.8, 4) is 27.9 Å². The van der Waals surface area contributed by atoms with Gasteiger partial charge in [0.15, 0.2) is 0 Å². The number of benzene rings is 12. The summed E-state index contributed by atoms with van der Waals surface area (Å²) in [5, 5.41) is 20.3. The molecule has 1 heterocycles. The second-order valence-corrected chi connectivity index (χ2v) is 16.0. The molecule has 0 bridgehead atoms. The summed E-state index contributed by atoms with van der Waals surface area (Å²) in [7, 11) is 0. The van der Waals surface area contributed by atoms with Gasteiger partial charge in [-0.25, -0.2) is 0 Å². The summed E-state index contributed by atoms with van der Waals surface area (Å²) < 4.78 is 2.50. The summed E-state index contributed by atoms with van der Waals surface area (Å²) in [6.07, 6.45) is 0. The first kappa shape index (κ1) is 32.4. The molecule has 0 atom stereocenters. The van der Waals surface area contributed by atoms with Crippen molar-refractivity contribution in [3.05, 3.63) is 212 Å². The predicted molar refractivity (Wildman–Crippen MR) is 254 cm³/mol. The van der Waals surface area contributed by atoms with E-state index < -0.39 is 0 Å². The van der Waals surface area contributed by atoms with Crippen molar-refractivity contribution >= 4 is 97.2 Å². The fourth-order valence-electron chi connectivity index (χ4n) is 10.3. The Morgan fingerprint density at radius 3 is 1.39 bits per heavy atom. The molecule has 0 aliphatic rings. The summed E-state index contributed by atoms with van der Waals surface area (Å²) in [6, 6.07) is 78.9. The summed E-state index contributed by atoms with van der Waals surface area (Å²) in [6.45, 7) is 0. The minimum Gasteiger partial charge on any atom is -0.309 e. The van der Waals surface area contributed by atoms with Gasteiger partial charge in [-0.1, -0.05) is 170 Å². The van der Waals surface area contributed by atoms with E-state index in [2.05, 4.69) is 217 Å². The van der Waals surface area contributed by atoms with Gasteiger partial charge in [0.05, 0.1) is 11.0 Å². The molecule has 0 unspecified atom stereocenters. The van der Waals surface area contributed by atoms with E-state index in [9.17, 15) is 0 Å². The maximum atomic E-state index is 2.50. The highest BCUT2D eigenvalue weighted by Gasteiger charge is 2.21. The van der Waals surface area contributed by atoms with Gasteiger partial charge in [-0.2, -0.15) is 0 Å². The lowest BCUT2D eigenvalue weighted by Gasteiger charge is -2.18. The molecule has 1 nitrogen and oxygen atoms in total. The third-order valence-electron chi connectivity index (χ3n) is 12.9. The van der Waals surface area contributed by atoms with E-state index in [4.69, 9.17) is 0 Å². The molecule has 0 amide bonds. The molecular formula is C58H35N. The number of nitrogens with zero attached hydrogens (tertiary/aromatic N) is 1. The first-order valence-electron chi connectivity index (χ1n) is 20.5. The van der Waals surface area contributed by atoms with Gasteiger partial charge >= 0.3 is 0 Å². The van der Waals surface area contributed by atoms with Crippen molar-refractivity contribution in [2.45, 2.75) is 0 Å². The number of fused-ring (bicyclic) bond motifs is 14. The van der Waals surface area contributed by atoms with Crippen molar-refractivity contribution < 1.29 is 0 Å². The largest absolute Gasteiger partial charge is 0.309 e. The number of para-hydroxylation sites is 1. The van der Waals surface area contributed by atoms with Crippen LogP contribution in [0.5, 0.6) is 0 Å². The Hall–Kier alpha value is -7.74. The van der Waals surface area contributed by atoms with Crippen LogP contribution in [0, 0.1) is 0 Å². The van der Waals surface area contributed by atoms with Crippen molar-refractivity contribution in [2.75, 3.05) is 0 Å². The second kappa shape index (κ2) is 12.4. The Morgan fingerprint density at radius 1 is 0.237 bits per heavy atom. The minimum atomic E-state index is 1.16. The Kier molecular flexibility index (Phi) is 6.79. The van der Waals surface area contributed by atoms with Gasteiger partial charge in [-0.15, -0.1) is 0 Å². The Balaban J connectivity index is 1.15. The van der Waals surface area contributed by atoms with Crippen LogP contribution >= 0.6 is 0 Å². The Morgan fingerprint density at radius 2 is 0.729 bits per heavy atom. The maximum Gasteiger partial charge on any atom is 0.0619 e. The van der Waals surface area contributed by atoms with Crippen molar-refractivity contribution in [1.29, 1.82) is 0 Å². The highest BCUT2D eigenvalue weighted by Crippen LogP contribution is 2.47. The lowest BCUT2D eigenvalue weighted by atomic mass is 9.85. The molecule has 13 rings (SSSR count). The van der Waals surface area contributed by atoms with Gasteiger partial charge in [0.25, 0.3) is 0 Å². The number of hydrogen-bond acceptors (Lipinski definition) is 0. The van der Waals surface area contributed by atoms with Crippen LogP contribution in [0.2, 0.25) is 0 Å². The zero-order chi connectivity index (χ0) is 38.6. The normalized spacial score (nSPS) is 12.1. The molecule has 0 spiro atoms. The first-order chi connectivity index (χ1) is 29.3. The number of rotatable bonds is 3. The quantitative estimate of drug-likeness (QED) is 0.125. The first-order valence-corrected chi connectivity index (χ1v) is 20.5. The maximum absolute atomic E-state index is 2.50. The van der Waals surface area contributed by atoms with E-state index >= 15 is 0 Å². The van der Waals surface area contributed by atoms with E-state index in [1.165, 1.54) is 119 Å². The fraction of sp³-hybridized carbons (Fsp3) is 0. The van der Waals surface area contributed by atoms with Crippen LogP contribution in [-0.2, 0) is 0 Å². The topological polar surface area (TPSA) is 4.93 Å². The molecule has 0 aliphatic carbocycles. The standard InChI is InChI=1S/C58H35N/c1-3-15-36(16-4-1)56-45-23-11-13-25-47(45)57(48-26-14-12-24-46(48)56)40-28-29-44-51(33-40)42-21-9-10-22-43(42)52-34-54-49-30-27-39-31-37-17-7-8-18-38(37)32-50(39)58(49)59(55(54)35-53(44)52)41-19-5-2-6-20-41/h1-35H. The third-order valence-corrected chi connectivity index (χ3v) is 12.9. The van der Waals surface area contributed by atoms with Crippen LogP contribution in [-0.4, -0.2) is 4.57 Å². The highest BCUT2D eigenvalue weighted by molar-refractivity contribution is 6.31. The minimum absolute atomic E-state index is 1.16. The van der Waals surface area contributed by atoms with Gasteiger partial charge in [0.1, 0.15) is 0 Å². The summed E-state index contributed by atoms with van der Waals surface area (Å²) >= 11 is 0. The van der Waals surface area contributed by atoms with Crippen LogP contribution in [0.15, 0.2) is 212 Å². The molecule has 0 N–H and O–H groups in total. The molecule has 13 aromatic rings. The smallest absolute Gasteiger partial charge is 0.0619 e. The SMILES string of the molecule is c1ccc(-c2c3ccccc3c(-c3ccc4c(c3)c3ccccc3c3cc5c6ccc7cc8ccccc8cc7c6n(-c6ccccc6)c5cc43)c3ccccc23)cc1. The van der Waals surface area contributed by atoms with E-state index in [0.717, 1.165) is 5.69 Å². The monoisotopic (exact) mass is 745 g/mol. The van der Waals surface area contributed by atoms with Gasteiger partial charge in [0.2, 0.25) is 0 Å². The van der Waals surface area contributed by atoms with E-state index in [-0.39, 0.29) is 0 Å². The predicted octanol–water partition coefficient (Wildman–Crippen LogP) is 16.2. The Labute approximate surface area is 340 Å². The zero-order valence-corrected chi connectivity index (χ0v) is 32.2. The van der Waals surface area contributed by atoms with Gasteiger partial charge in [-0.05, 0) is 135 Å². The van der Waals surface area contributed by atoms with Gasteiger partial charge in [-0.3, -0.25) is 0 Å². The molecular weight excluding hydrogens is 711 g/mol. The number of aromatic nitrogens is 1. The molecule has 272 valence electrons. The molecule has 0 radical (unpaired) electrons.